The SMILES string of the molecule is CCCC1=C(C(=O)OCC)[C@H](c2c(OC)ccc3ccccc23)n2c(s/c(=C/c3ccc(-c4ccc(C(=O)OC)cc4C)o3)c2=O)=N1. The second-order valence-corrected chi connectivity index (χ2v) is 12.0. The molecule has 9 nitrogen and oxygen atoms in total. The maximum absolute atomic E-state index is 14.4. The number of hydrogen-bond donors (Lipinski definition) is 0. The van der Waals surface area contributed by atoms with Gasteiger partial charge in [0.15, 0.2) is 4.80 Å². The van der Waals surface area contributed by atoms with Gasteiger partial charge in [0.25, 0.3) is 5.56 Å². The van der Waals surface area contributed by atoms with E-state index in [4.69, 9.17) is 23.6 Å². The number of hydrogen-bond acceptors (Lipinski definition) is 9. The molecule has 3 aromatic carbocycles. The fourth-order valence-electron chi connectivity index (χ4n) is 6.02. The van der Waals surface area contributed by atoms with E-state index in [0.29, 0.717) is 55.4 Å². The molecule has 1 atom stereocenters. The van der Waals surface area contributed by atoms with Crippen LogP contribution in [0.2, 0.25) is 0 Å². The van der Waals surface area contributed by atoms with Crippen molar-refractivity contribution in [3.05, 3.63) is 120 Å². The molecule has 0 fully saturated rings. The number of nitrogens with zero attached hydrogens (tertiary/aromatic N) is 2. The van der Waals surface area contributed by atoms with Gasteiger partial charge in [-0.25, -0.2) is 14.6 Å². The minimum atomic E-state index is -0.835. The second-order valence-electron chi connectivity index (χ2n) is 11.0. The van der Waals surface area contributed by atoms with Crippen molar-refractivity contribution in [1.29, 1.82) is 0 Å². The molecule has 0 amide bonds. The first kappa shape index (κ1) is 31.7. The van der Waals surface area contributed by atoms with E-state index >= 15 is 0 Å². The predicted molar refractivity (Wildman–Crippen MR) is 180 cm³/mol. The minimum absolute atomic E-state index is 0.178. The number of fused-ring (bicyclic) bond motifs is 2. The Kier molecular flexibility index (Phi) is 8.95. The lowest BCUT2D eigenvalue weighted by molar-refractivity contribution is -0.139. The van der Waals surface area contributed by atoms with Crippen molar-refractivity contribution >= 4 is 40.1 Å². The van der Waals surface area contributed by atoms with Crippen LogP contribution in [-0.2, 0) is 14.3 Å². The number of allylic oxidation sites excluding steroid dienone is 1. The topological polar surface area (TPSA) is 109 Å². The second kappa shape index (κ2) is 13.3. The number of esters is 2. The quantitative estimate of drug-likeness (QED) is 0.178. The zero-order valence-electron chi connectivity index (χ0n) is 26.8. The van der Waals surface area contributed by atoms with Crippen LogP contribution in [-0.4, -0.2) is 37.3 Å². The van der Waals surface area contributed by atoms with Gasteiger partial charge in [-0.15, -0.1) is 0 Å². The van der Waals surface area contributed by atoms with Crippen LogP contribution in [0.15, 0.2) is 92.2 Å². The van der Waals surface area contributed by atoms with Crippen LogP contribution in [0, 0.1) is 6.92 Å². The van der Waals surface area contributed by atoms with Gasteiger partial charge in [-0.05, 0) is 66.9 Å². The highest BCUT2D eigenvalue weighted by atomic mass is 32.1. The fourth-order valence-corrected chi connectivity index (χ4v) is 7.02. The molecular formula is C37H34N2O7S. The van der Waals surface area contributed by atoms with Crippen LogP contribution in [0.3, 0.4) is 0 Å². The van der Waals surface area contributed by atoms with Crippen molar-refractivity contribution in [2.24, 2.45) is 4.99 Å². The van der Waals surface area contributed by atoms with Crippen LogP contribution in [0.1, 0.15) is 60.0 Å². The first-order valence-electron chi connectivity index (χ1n) is 15.4. The maximum Gasteiger partial charge on any atom is 0.338 e. The molecule has 6 rings (SSSR count). The highest BCUT2D eigenvalue weighted by Crippen LogP contribution is 2.41. The first-order chi connectivity index (χ1) is 22.8. The molecule has 0 radical (unpaired) electrons. The van der Waals surface area contributed by atoms with Gasteiger partial charge in [-0.3, -0.25) is 9.36 Å². The number of rotatable bonds is 9. The summed E-state index contributed by atoms with van der Waals surface area (Å²) in [5.74, 6) is 0.679. The van der Waals surface area contributed by atoms with E-state index in [0.717, 1.165) is 28.3 Å². The lowest BCUT2D eigenvalue weighted by atomic mass is 9.90. The summed E-state index contributed by atoms with van der Waals surface area (Å²) in [6.45, 7) is 5.84. The molecule has 5 aromatic rings. The maximum atomic E-state index is 14.4. The van der Waals surface area contributed by atoms with Gasteiger partial charge in [0, 0.05) is 17.2 Å². The van der Waals surface area contributed by atoms with Crippen molar-refractivity contribution in [3.63, 3.8) is 0 Å². The summed E-state index contributed by atoms with van der Waals surface area (Å²) in [6.07, 6.45) is 2.96. The average Bonchev–Trinajstić information content (AvgIpc) is 3.67. The Morgan fingerprint density at radius 2 is 1.83 bits per heavy atom. The monoisotopic (exact) mass is 650 g/mol. The zero-order chi connectivity index (χ0) is 33.2. The number of furan rings is 1. The van der Waals surface area contributed by atoms with Gasteiger partial charge in [0.05, 0.1) is 42.2 Å². The first-order valence-corrected chi connectivity index (χ1v) is 16.2. The number of aryl methyl sites for hydroxylation is 1. The number of carbonyl (C=O) groups excluding carboxylic acids is 2. The van der Waals surface area contributed by atoms with E-state index in [2.05, 4.69) is 0 Å². The predicted octanol–water partition coefficient (Wildman–Crippen LogP) is 6.10. The Labute approximate surface area is 275 Å². The molecular weight excluding hydrogens is 616 g/mol. The van der Waals surface area contributed by atoms with Crippen LogP contribution in [0.25, 0.3) is 28.2 Å². The summed E-state index contributed by atoms with van der Waals surface area (Å²) < 4.78 is 24.4. The van der Waals surface area contributed by atoms with E-state index < -0.39 is 18.0 Å². The normalized spacial score (nSPS) is 14.6. The van der Waals surface area contributed by atoms with E-state index in [-0.39, 0.29) is 12.2 Å². The van der Waals surface area contributed by atoms with Crippen LogP contribution >= 0.6 is 11.3 Å². The average molecular weight is 651 g/mol. The highest BCUT2D eigenvalue weighted by Gasteiger charge is 2.37. The summed E-state index contributed by atoms with van der Waals surface area (Å²) in [6, 6.07) is 19.7. The number of thiazole rings is 1. The molecule has 0 aliphatic carbocycles. The van der Waals surface area contributed by atoms with E-state index in [1.54, 1.807) is 42.9 Å². The Balaban J connectivity index is 1.54. The van der Waals surface area contributed by atoms with Crippen molar-refractivity contribution in [1.82, 2.24) is 4.57 Å². The number of aromatic nitrogens is 1. The van der Waals surface area contributed by atoms with Crippen molar-refractivity contribution < 1.29 is 28.2 Å². The van der Waals surface area contributed by atoms with E-state index in [1.807, 2.05) is 62.4 Å². The molecule has 2 aromatic heterocycles. The Bertz CT molecular complexity index is 2240. The minimum Gasteiger partial charge on any atom is -0.496 e. The number of ether oxygens (including phenoxy) is 3. The van der Waals surface area contributed by atoms with Gasteiger partial charge in [0.2, 0.25) is 0 Å². The Hall–Kier alpha value is -5.22. The van der Waals surface area contributed by atoms with Crippen LogP contribution in [0.5, 0.6) is 5.75 Å². The Morgan fingerprint density at radius 3 is 2.55 bits per heavy atom. The van der Waals surface area contributed by atoms with Gasteiger partial charge in [-0.1, -0.05) is 61.1 Å². The van der Waals surface area contributed by atoms with Gasteiger partial charge >= 0.3 is 11.9 Å². The molecule has 0 bridgehead atoms. The molecule has 10 heteroatoms. The standard InChI is InChI=1S/C37H34N2O7S/c1-6-10-27-32(36(42)45-7-2)33(31-26-12-9-8-11-22(26)14-17-29(31)43-4)39-34(40)30(47-37(39)38-27)20-24-15-18-28(46-24)25-16-13-23(19-21(25)3)35(41)44-5/h8-9,11-20,33H,6-7,10H2,1-5H3/b30-20+/t33-/m0/s1. The lowest BCUT2D eigenvalue weighted by Gasteiger charge is -2.28. The Morgan fingerprint density at radius 1 is 1.02 bits per heavy atom. The number of methoxy groups -OCH3 is 2. The third-order valence-electron chi connectivity index (χ3n) is 8.13. The fraction of sp³-hybridized carbons (Fsp3) is 0.243. The molecule has 47 heavy (non-hydrogen) atoms. The summed E-state index contributed by atoms with van der Waals surface area (Å²) in [7, 11) is 2.93. The van der Waals surface area contributed by atoms with Crippen LogP contribution in [0.4, 0.5) is 0 Å². The smallest absolute Gasteiger partial charge is 0.338 e. The molecule has 3 heterocycles. The summed E-state index contributed by atoms with van der Waals surface area (Å²) >= 11 is 1.24. The molecule has 0 unspecified atom stereocenters. The highest BCUT2D eigenvalue weighted by molar-refractivity contribution is 7.07. The van der Waals surface area contributed by atoms with Crippen molar-refractivity contribution in [3.8, 4) is 17.1 Å². The van der Waals surface area contributed by atoms with Gasteiger partial charge in [-0.2, -0.15) is 0 Å². The third kappa shape index (κ3) is 5.81. The number of carbonyl (C=O) groups is 2. The molecule has 0 N–H and O–H groups in total. The largest absolute Gasteiger partial charge is 0.496 e. The molecule has 0 spiro atoms. The van der Waals surface area contributed by atoms with Crippen LogP contribution < -0.4 is 19.6 Å². The summed E-state index contributed by atoms with van der Waals surface area (Å²) in [4.78, 5) is 45.4. The molecule has 1 aliphatic heterocycles. The molecule has 240 valence electrons. The number of benzene rings is 3. The lowest BCUT2D eigenvalue weighted by Crippen LogP contribution is -2.40. The van der Waals surface area contributed by atoms with Crippen molar-refractivity contribution in [2.45, 2.75) is 39.7 Å². The molecule has 0 saturated carbocycles. The van der Waals surface area contributed by atoms with E-state index in [1.165, 1.54) is 18.4 Å². The van der Waals surface area contributed by atoms with Crippen molar-refractivity contribution in [2.75, 3.05) is 20.8 Å². The molecule has 0 saturated heterocycles. The zero-order valence-corrected chi connectivity index (χ0v) is 27.6. The summed E-state index contributed by atoms with van der Waals surface area (Å²) in [5, 5.41) is 1.80. The third-order valence-corrected chi connectivity index (χ3v) is 9.11. The summed E-state index contributed by atoms with van der Waals surface area (Å²) in [5.41, 5.74) is 3.39. The molecule has 1 aliphatic rings. The van der Waals surface area contributed by atoms with Gasteiger partial charge < -0.3 is 18.6 Å². The van der Waals surface area contributed by atoms with E-state index in [9.17, 15) is 14.4 Å². The van der Waals surface area contributed by atoms with Gasteiger partial charge in [0.1, 0.15) is 23.3 Å².